The highest BCUT2D eigenvalue weighted by molar-refractivity contribution is 7.80. The maximum atomic E-state index is 12.4. The summed E-state index contributed by atoms with van der Waals surface area (Å²) in [5.41, 5.74) is 1.87. The number of fused-ring (bicyclic) bond motifs is 1. The van der Waals surface area contributed by atoms with Gasteiger partial charge < -0.3 is 5.32 Å². The number of nitro benzene ring substituents is 1. The van der Waals surface area contributed by atoms with Gasteiger partial charge in [0.2, 0.25) is 0 Å². The third-order valence-corrected chi connectivity index (χ3v) is 4.07. The second-order valence-corrected chi connectivity index (χ2v) is 5.90. The standard InChI is InChI=1S/C18H14N4O3S/c1-11-12(5-2-9-16(11)22(24)25)17(23)21-18(26)20-15-8-3-7-14-13(15)6-4-10-19-14/h2-10H,1H3,(H2,20,21,23,26). The van der Waals surface area contributed by atoms with Crippen LogP contribution in [-0.4, -0.2) is 20.9 Å². The Morgan fingerprint density at radius 2 is 1.92 bits per heavy atom. The van der Waals surface area contributed by atoms with Crippen molar-refractivity contribution in [3.8, 4) is 0 Å². The average molecular weight is 366 g/mol. The first-order valence-corrected chi connectivity index (χ1v) is 8.08. The van der Waals surface area contributed by atoms with E-state index >= 15 is 0 Å². The van der Waals surface area contributed by atoms with Gasteiger partial charge in [0, 0.05) is 34.5 Å². The zero-order valence-corrected chi connectivity index (χ0v) is 14.5. The van der Waals surface area contributed by atoms with Gasteiger partial charge in [-0.2, -0.15) is 0 Å². The van der Waals surface area contributed by atoms with Crippen molar-refractivity contribution in [2.45, 2.75) is 6.92 Å². The van der Waals surface area contributed by atoms with Crippen molar-refractivity contribution in [3.63, 3.8) is 0 Å². The van der Waals surface area contributed by atoms with Crippen LogP contribution in [0.2, 0.25) is 0 Å². The van der Waals surface area contributed by atoms with E-state index in [1.165, 1.54) is 25.1 Å². The smallest absolute Gasteiger partial charge is 0.273 e. The molecule has 2 aromatic carbocycles. The van der Waals surface area contributed by atoms with Gasteiger partial charge in [0.05, 0.1) is 10.4 Å². The van der Waals surface area contributed by atoms with Crippen LogP contribution in [0.25, 0.3) is 10.9 Å². The van der Waals surface area contributed by atoms with Gasteiger partial charge >= 0.3 is 0 Å². The molecular weight excluding hydrogens is 352 g/mol. The Hall–Kier alpha value is -3.39. The number of anilines is 1. The zero-order chi connectivity index (χ0) is 18.7. The second kappa shape index (κ2) is 7.24. The highest BCUT2D eigenvalue weighted by atomic mass is 32.1. The molecule has 0 saturated heterocycles. The summed E-state index contributed by atoms with van der Waals surface area (Å²) >= 11 is 5.21. The van der Waals surface area contributed by atoms with E-state index in [-0.39, 0.29) is 21.9 Å². The lowest BCUT2D eigenvalue weighted by Crippen LogP contribution is -2.34. The fraction of sp³-hybridized carbons (Fsp3) is 0.0556. The molecule has 0 aliphatic carbocycles. The summed E-state index contributed by atoms with van der Waals surface area (Å²) in [4.78, 5) is 27.2. The van der Waals surface area contributed by atoms with E-state index in [1.807, 2.05) is 30.3 Å². The van der Waals surface area contributed by atoms with Crippen LogP contribution in [0, 0.1) is 17.0 Å². The molecule has 0 saturated carbocycles. The van der Waals surface area contributed by atoms with Gasteiger partial charge in [-0.25, -0.2) is 0 Å². The number of nitrogens with one attached hydrogen (secondary N) is 2. The number of pyridine rings is 1. The molecule has 8 heteroatoms. The summed E-state index contributed by atoms with van der Waals surface area (Å²) in [6, 6.07) is 13.5. The van der Waals surface area contributed by atoms with Crippen LogP contribution in [0.1, 0.15) is 15.9 Å². The lowest BCUT2D eigenvalue weighted by atomic mass is 10.1. The van der Waals surface area contributed by atoms with Crippen molar-refractivity contribution in [3.05, 3.63) is 76.0 Å². The Morgan fingerprint density at radius 1 is 1.15 bits per heavy atom. The Labute approximate surface area is 154 Å². The van der Waals surface area contributed by atoms with Gasteiger partial charge in [0.1, 0.15) is 0 Å². The molecule has 3 aromatic rings. The van der Waals surface area contributed by atoms with Crippen molar-refractivity contribution in [2.24, 2.45) is 0 Å². The van der Waals surface area contributed by atoms with Crippen LogP contribution in [0.15, 0.2) is 54.7 Å². The van der Waals surface area contributed by atoms with Crippen molar-refractivity contribution < 1.29 is 9.72 Å². The summed E-state index contributed by atoms with van der Waals surface area (Å²) in [6.07, 6.45) is 1.69. The van der Waals surface area contributed by atoms with E-state index in [4.69, 9.17) is 12.2 Å². The Bertz CT molecular complexity index is 1030. The number of nitrogens with zero attached hydrogens (tertiary/aromatic N) is 2. The van der Waals surface area contributed by atoms with E-state index < -0.39 is 10.8 Å². The van der Waals surface area contributed by atoms with Crippen molar-refractivity contribution in [1.29, 1.82) is 0 Å². The minimum Gasteiger partial charge on any atom is -0.332 e. The second-order valence-electron chi connectivity index (χ2n) is 5.49. The summed E-state index contributed by atoms with van der Waals surface area (Å²) in [7, 11) is 0. The van der Waals surface area contributed by atoms with Crippen molar-refractivity contribution in [2.75, 3.05) is 5.32 Å². The molecule has 0 spiro atoms. The molecule has 1 aromatic heterocycles. The number of aromatic nitrogens is 1. The molecule has 0 aliphatic heterocycles. The molecule has 0 atom stereocenters. The molecule has 3 rings (SSSR count). The summed E-state index contributed by atoms with van der Waals surface area (Å²) in [6.45, 7) is 1.53. The minimum absolute atomic E-state index is 0.0947. The lowest BCUT2D eigenvalue weighted by molar-refractivity contribution is -0.385. The largest absolute Gasteiger partial charge is 0.332 e. The average Bonchev–Trinajstić information content (AvgIpc) is 2.61. The molecule has 130 valence electrons. The molecule has 26 heavy (non-hydrogen) atoms. The van der Waals surface area contributed by atoms with E-state index in [0.717, 1.165) is 10.9 Å². The first-order valence-electron chi connectivity index (χ1n) is 7.67. The van der Waals surface area contributed by atoms with Crippen LogP contribution in [-0.2, 0) is 0 Å². The number of benzene rings is 2. The molecular formula is C18H14N4O3S. The number of amides is 1. The molecule has 0 aliphatic rings. The topological polar surface area (TPSA) is 97.2 Å². The Kier molecular flexibility index (Phi) is 4.85. The highest BCUT2D eigenvalue weighted by Gasteiger charge is 2.18. The summed E-state index contributed by atoms with van der Waals surface area (Å²) in [5, 5.41) is 17.5. The van der Waals surface area contributed by atoms with Crippen LogP contribution in [0.5, 0.6) is 0 Å². The lowest BCUT2D eigenvalue weighted by Gasteiger charge is -2.12. The van der Waals surface area contributed by atoms with Crippen molar-refractivity contribution in [1.82, 2.24) is 10.3 Å². The maximum absolute atomic E-state index is 12.4. The third-order valence-electron chi connectivity index (χ3n) is 3.87. The van der Waals surface area contributed by atoms with Crippen LogP contribution in [0.3, 0.4) is 0 Å². The molecule has 0 radical (unpaired) electrons. The maximum Gasteiger partial charge on any atom is 0.273 e. The number of rotatable bonds is 3. The van der Waals surface area contributed by atoms with E-state index in [9.17, 15) is 14.9 Å². The third kappa shape index (κ3) is 3.50. The number of thiocarbonyl (C=S) groups is 1. The van der Waals surface area contributed by atoms with Gasteiger partial charge in [-0.3, -0.25) is 25.2 Å². The molecule has 2 N–H and O–H groups in total. The number of carbonyl (C=O) groups excluding carboxylic acids is 1. The van der Waals surface area contributed by atoms with E-state index in [0.29, 0.717) is 5.69 Å². The first kappa shape index (κ1) is 17.4. The summed E-state index contributed by atoms with van der Waals surface area (Å²) in [5.74, 6) is -0.512. The Morgan fingerprint density at radius 3 is 2.69 bits per heavy atom. The molecule has 1 heterocycles. The predicted octanol–water partition coefficient (Wildman–Crippen LogP) is 3.58. The fourth-order valence-corrected chi connectivity index (χ4v) is 2.81. The van der Waals surface area contributed by atoms with Crippen LogP contribution < -0.4 is 10.6 Å². The number of nitro groups is 1. The number of hydrogen-bond acceptors (Lipinski definition) is 5. The quantitative estimate of drug-likeness (QED) is 0.418. The molecule has 0 fully saturated rings. The normalized spacial score (nSPS) is 10.3. The number of hydrogen-bond donors (Lipinski definition) is 2. The minimum atomic E-state index is -0.522. The first-order chi connectivity index (χ1) is 12.5. The monoisotopic (exact) mass is 366 g/mol. The zero-order valence-electron chi connectivity index (χ0n) is 13.7. The fourth-order valence-electron chi connectivity index (χ4n) is 2.60. The molecule has 1 amide bonds. The summed E-state index contributed by atoms with van der Waals surface area (Å²) < 4.78 is 0. The highest BCUT2D eigenvalue weighted by Crippen LogP contribution is 2.22. The molecule has 0 bridgehead atoms. The van der Waals surface area contributed by atoms with Crippen LogP contribution in [0.4, 0.5) is 11.4 Å². The Balaban J connectivity index is 1.79. The molecule has 7 nitrogen and oxygen atoms in total. The van der Waals surface area contributed by atoms with Gasteiger partial charge in [-0.05, 0) is 49.5 Å². The number of carbonyl (C=O) groups is 1. The van der Waals surface area contributed by atoms with E-state index in [2.05, 4.69) is 15.6 Å². The predicted molar refractivity (Wildman–Crippen MR) is 103 cm³/mol. The van der Waals surface area contributed by atoms with E-state index in [1.54, 1.807) is 6.20 Å². The van der Waals surface area contributed by atoms with Crippen molar-refractivity contribution >= 4 is 45.5 Å². The van der Waals surface area contributed by atoms with Gasteiger partial charge in [0.15, 0.2) is 5.11 Å². The van der Waals surface area contributed by atoms with Gasteiger partial charge in [0.25, 0.3) is 11.6 Å². The van der Waals surface area contributed by atoms with Crippen LogP contribution >= 0.6 is 12.2 Å². The molecule has 0 unspecified atom stereocenters. The van der Waals surface area contributed by atoms with Gasteiger partial charge in [-0.1, -0.05) is 12.1 Å². The SMILES string of the molecule is Cc1c(C(=O)NC(=S)Nc2cccc3ncccc23)cccc1[N+](=O)[O-]. The van der Waals surface area contributed by atoms with Gasteiger partial charge in [-0.15, -0.1) is 0 Å².